The molecule has 0 heterocycles. The lowest BCUT2D eigenvalue weighted by molar-refractivity contribution is 0.588. The third kappa shape index (κ3) is 5.51. The Kier molecular flexibility index (Phi) is 8.40. The molecule has 1 unspecified atom stereocenters. The molecular weight excluding hydrogens is 773 g/mol. The second-order valence-electron chi connectivity index (χ2n) is 19.3. The van der Waals surface area contributed by atoms with E-state index in [0.717, 1.165) is 34.1 Å². The summed E-state index contributed by atoms with van der Waals surface area (Å²) in [6.45, 7) is 11.7. The topological polar surface area (TPSA) is 6.48 Å². The summed E-state index contributed by atoms with van der Waals surface area (Å²) in [5.41, 5.74) is 23.3. The summed E-state index contributed by atoms with van der Waals surface area (Å²) < 4.78 is 0. The van der Waals surface area contributed by atoms with E-state index in [1.807, 2.05) is 0 Å². The molecule has 2 nitrogen and oxygen atoms in total. The number of para-hydroxylation sites is 3. The molecule has 0 fully saturated rings. The van der Waals surface area contributed by atoms with Crippen LogP contribution < -0.4 is 9.80 Å². The molecule has 0 N–H and O–H groups in total. The first-order valence-electron chi connectivity index (χ1n) is 22.7. The maximum Gasteiger partial charge on any atom is 0.0727 e. The first-order valence-corrected chi connectivity index (χ1v) is 22.7. The monoisotopic (exact) mass is 822 g/mol. The van der Waals surface area contributed by atoms with E-state index in [-0.39, 0.29) is 10.8 Å². The summed E-state index contributed by atoms with van der Waals surface area (Å²) in [6, 6.07) is 79.5. The number of fused-ring (bicyclic) bond motifs is 13. The van der Waals surface area contributed by atoms with Gasteiger partial charge >= 0.3 is 0 Å². The Morgan fingerprint density at radius 3 is 1.12 bits per heavy atom. The van der Waals surface area contributed by atoms with Gasteiger partial charge in [0, 0.05) is 39.5 Å². The third-order valence-corrected chi connectivity index (χ3v) is 14.4. The second-order valence-corrected chi connectivity index (χ2v) is 19.3. The zero-order valence-electron chi connectivity index (χ0n) is 37.1. The van der Waals surface area contributed by atoms with Crippen molar-refractivity contribution in [2.75, 3.05) is 9.80 Å². The average Bonchev–Trinajstić information content (AvgIpc) is 3.87. The van der Waals surface area contributed by atoms with Gasteiger partial charge in [-0.1, -0.05) is 174 Å². The van der Waals surface area contributed by atoms with Crippen LogP contribution in [-0.4, -0.2) is 0 Å². The van der Waals surface area contributed by atoms with Gasteiger partial charge in [0.15, 0.2) is 0 Å². The molecule has 12 rings (SSSR count). The van der Waals surface area contributed by atoms with E-state index in [2.05, 4.69) is 257 Å². The van der Waals surface area contributed by atoms with Gasteiger partial charge in [0.2, 0.25) is 0 Å². The first-order chi connectivity index (χ1) is 31.1. The second kappa shape index (κ2) is 14.0. The molecule has 2 heteroatoms. The molecule has 0 aliphatic heterocycles. The molecule has 3 aliphatic carbocycles. The van der Waals surface area contributed by atoms with Gasteiger partial charge < -0.3 is 9.80 Å². The highest BCUT2D eigenvalue weighted by Gasteiger charge is 2.52. The van der Waals surface area contributed by atoms with Gasteiger partial charge in [-0.05, 0) is 151 Å². The fourth-order valence-electron chi connectivity index (χ4n) is 11.4. The van der Waals surface area contributed by atoms with Crippen molar-refractivity contribution in [1.82, 2.24) is 0 Å². The Labute approximate surface area is 377 Å². The van der Waals surface area contributed by atoms with Crippen molar-refractivity contribution in [3.05, 3.63) is 251 Å². The van der Waals surface area contributed by atoms with Crippen LogP contribution in [0.3, 0.4) is 0 Å². The lowest BCUT2D eigenvalue weighted by Crippen LogP contribution is -2.27. The van der Waals surface area contributed by atoms with Crippen LogP contribution in [0.4, 0.5) is 34.1 Å². The fourth-order valence-corrected chi connectivity index (χ4v) is 11.4. The smallest absolute Gasteiger partial charge is 0.0727 e. The highest BCUT2D eigenvalue weighted by molar-refractivity contribution is 5.98. The number of rotatable bonds is 6. The predicted molar refractivity (Wildman–Crippen MR) is 268 cm³/mol. The Morgan fingerprint density at radius 2 is 0.641 bits per heavy atom. The van der Waals surface area contributed by atoms with Crippen molar-refractivity contribution < 1.29 is 0 Å². The minimum Gasteiger partial charge on any atom is -0.310 e. The van der Waals surface area contributed by atoms with E-state index < -0.39 is 5.41 Å². The fraction of sp³-hybridized carbons (Fsp3) is 0.129. The highest BCUT2D eigenvalue weighted by Crippen LogP contribution is 2.64. The van der Waals surface area contributed by atoms with Crippen molar-refractivity contribution >= 4 is 34.1 Å². The SMILES string of the molecule is CC(C)(C)c1ccc2c(c1)C1(c3ccccc3-c3ccc(N(c4ccccc4)c4ccc5c(c4)C(C)(C)c4ccccc4-5)cc31)c1cc(N(c3ccccc3)c3ccccc3)ccc1-2. The maximum atomic E-state index is 2.54. The van der Waals surface area contributed by atoms with Crippen molar-refractivity contribution in [3.8, 4) is 33.4 Å². The maximum absolute atomic E-state index is 2.54. The molecule has 1 atom stereocenters. The van der Waals surface area contributed by atoms with E-state index in [1.165, 1.54) is 72.3 Å². The molecule has 9 aromatic rings. The minimum atomic E-state index is -0.577. The quantitative estimate of drug-likeness (QED) is 0.165. The van der Waals surface area contributed by atoms with Gasteiger partial charge in [-0.2, -0.15) is 0 Å². The highest BCUT2D eigenvalue weighted by atomic mass is 15.1. The summed E-state index contributed by atoms with van der Waals surface area (Å²) in [5, 5.41) is 0. The van der Waals surface area contributed by atoms with Crippen LogP contribution in [-0.2, 0) is 16.2 Å². The molecule has 9 aromatic carbocycles. The van der Waals surface area contributed by atoms with Crippen LogP contribution >= 0.6 is 0 Å². The molecule has 64 heavy (non-hydrogen) atoms. The van der Waals surface area contributed by atoms with E-state index in [0.29, 0.717) is 0 Å². The zero-order valence-corrected chi connectivity index (χ0v) is 37.1. The number of nitrogens with zero attached hydrogens (tertiary/aromatic N) is 2. The number of benzene rings is 9. The predicted octanol–water partition coefficient (Wildman–Crippen LogP) is 16.6. The van der Waals surface area contributed by atoms with Gasteiger partial charge in [0.05, 0.1) is 5.41 Å². The molecule has 0 radical (unpaired) electrons. The molecule has 1 spiro atoms. The molecular formula is C62H50N2. The molecule has 0 amide bonds. The Balaban J connectivity index is 1.13. The molecule has 0 bridgehead atoms. The van der Waals surface area contributed by atoms with Crippen LogP contribution in [0.2, 0.25) is 0 Å². The summed E-state index contributed by atoms with van der Waals surface area (Å²) in [4.78, 5) is 4.88. The number of hydrogen-bond acceptors (Lipinski definition) is 2. The van der Waals surface area contributed by atoms with Gasteiger partial charge in [-0.15, -0.1) is 0 Å². The van der Waals surface area contributed by atoms with Crippen LogP contribution in [0, 0.1) is 0 Å². The van der Waals surface area contributed by atoms with Crippen LogP contribution in [0.5, 0.6) is 0 Å². The Morgan fingerprint density at radius 1 is 0.297 bits per heavy atom. The van der Waals surface area contributed by atoms with E-state index in [1.54, 1.807) is 0 Å². The molecule has 0 saturated carbocycles. The summed E-state index contributed by atoms with van der Waals surface area (Å²) in [7, 11) is 0. The van der Waals surface area contributed by atoms with Gasteiger partial charge in [-0.25, -0.2) is 0 Å². The first kappa shape index (κ1) is 38.3. The number of anilines is 6. The van der Waals surface area contributed by atoms with Gasteiger partial charge in [-0.3, -0.25) is 0 Å². The average molecular weight is 823 g/mol. The lowest BCUT2D eigenvalue weighted by atomic mass is 9.69. The molecule has 3 aliphatic rings. The third-order valence-electron chi connectivity index (χ3n) is 14.4. The largest absolute Gasteiger partial charge is 0.310 e. The molecule has 308 valence electrons. The standard InChI is InChI=1S/C62H50N2/c1-60(2,3)41-29-33-51-53-36-31-46(63(42-19-9-6-10-20-42)43-21-11-7-12-22-43)39-59(53)62(57(51)37-41)55-28-18-16-26-49(55)52-35-32-47(40-58(52)62)64(44-23-13-8-14-24-44)45-30-34-50-48-25-15-17-27-54(48)61(4,5)56(50)38-45/h6-40H,1-5H3. The van der Waals surface area contributed by atoms with Gasteiger partial charge in [0.1, 0.15) is 0 Å². The van der Waals surface area contributed by atoms with Crippen molar-refractivity contribution in [2.24, 2.45) is 0 Å². The minimum absolute atomic E-state index is 0.0402. The lowest BCUT2D eigenvalue weighted by Gasteiger charge is -2.34. The molecule has 0 aromatic heterocycles. The van der Waals surface area contributed by atoms with Crippen LogP contribution in [0.1, 0.15) is 73.6 Å². The number of hydrogen-bond donors (Lipinski definition) is 0. The summed E-state index contributed by atoms with van der Waals surface area (Å²) in [5.74, 6) is 0. The summed E-state index contributed by atoms with van der Waals surface area (Å²) >= 11 is 0. The zero-order chi connectivity index (χ0) is 43.4. The van der Waals surface area contributed by atoms with Crippen LogP contribution in [0.15, 0.2) is 212 Å². The van der Waals surface area contributed by atoms with Crippen molar-refractivity contribution in [2.45, 2.75) is 50.9 Å². The van der Waals surface area contributed by atoms with Crippen molar-refractivity contribution in [1.29, 1.82) is 0 Å². The Bertz CT molecular complexity index is 3240. The van der Waals surface area contributed by atoms with E-state index >= 15 is 0 Å². The van der Waals surface area contributed by atoms with Crippen LogP contribution in [0.25, 0.3) is 33.4 Å². The van der Waals surface area contributed by atoms with E-state index in [9.17, 15) is 0 Å². The van der Waals surface area contributed by atoms with Crippen molar-refractivity contribution in [3.63, 3.8) is 0 Å². The molecule has 0 saturated heterocycles. The van der Waals surface area contributed by atoms with E-state index in [4.69, 9.17) is 0 Å². The summed E-state index contributed by atoms with van der Waals surface area (Å²) in [6.07, 6.45) is 0. The Hall–Kier alpha value is -7.42. The normalized spacial score (nSPS) is 15.8. The van der Waals surface area contributed by atoms with Gasteiger partial charge in [0.25, 0.3) is 0 Å².